The van der Waals surface area contributed by atoms with E-state index in [2.05, 4.69) is 22.5 Å². The van der Waals surface area contributed by atoms with Crippen LogP contribution in [0.1, 0.15) is 36.5 Å². The Labute approximate surface area is 146 Å². The lowest BCUT2D eigenvalue weighted by Crippen LogP contribution is -2.13. The molecule has 1 heterocycles. The molecule has 6 heteroatoms. The zero-order valence-corrected chi connectivity index (χ0v) is 14.4. The average molecular weight is 352 g/mol. The fourth-order valence-corrected chi connectivity index (χ4v) is 2.40. The standard InChI is InChI=1S/C17H19Cl2N3O/c1-2-3-4-9-20-15-11-12(8-10-21-15)17(23)22-14-7-5-6-13(18)16(14)19/h5-8,10-11H,2-4,9H2,1H3,(H,20,21)(H,22,23). The van der Waals surface area contributed by atoms with Crippen LogP contribution in [0.4, 0.5) is 11.5 Å². The number of hydrogen-bond acceptors (Lipinski definition) is 3. The normalized spacial score (nSPS) is 10.4. The van der Waals surface area contributed by atoms with Gasteiger partial charge in [0.1, 0.15) is 5.82 Å². The van der Waals surface area contributed by atoms with Crippen LogP contribution in [0, 0.1) is 0 Å². The van der Waals surface area contributed by atoms with Crippen LogP contribution in [0.2, 0.25) is 10.0 Å². The number of pyridine rings is 1. The molecule has 1 aromatic heterocycles. The molecule has 0 aliphatic carbocycles. The maximum Gasteiger partial charge on any atom is 0.255 e. The van der Waals surface area contributed by atoms with E-state index in [4.69, 9.17) is 23.2 Å². The monoisotopic (exact) mass is 351 g/mol. The highest BCUT2D eigenvalue weighted by atomic mass is 35.5. The fourth-order valence-electron chi connectivity index (χ4n) is 2.05. The first-order valence-electron chi connectivity index (χ1n) is 7.57. The van der Waals surface area contributed by atoms with Crippen molar-refractivity contribution in [3.05, 3.63) is 52.1 Å². The highest BCUT2D eigenvalue weighted by Crippen LogP contribution is 2.29. The van der Waals surface area contributed by atoms with Gasteiger partial charge in [0.25, 0.3) is 5.91 Å². The fraction of sp³-hybridized carbons (Fsp3) is 0.294. The SMILES string of the molecule is CCCCCNc1cc(C(=O)Nc2cccc(Cl)c2Cl)ccn1. The van der Waals surface area contributed by atoms with Gasteiger partial charge in [0.2, 0.25) is 0 Å². The Balaban J connectivity index is 2.03. The van der Waals surface area contributed by atoms with Crippen molar-refractivity contribution in [2.24, 2.45) is 0 Å². The molecular weight excluding hydrogens is 333 g/mol. The summed E-state index contributed by atoms with van der Waals surface area (Å²) in [5, 5.41) is 6.71. The summed E-state index contributed by atoms with van der Waals surface area (Å²) in [6.45, 7) is 3.00. The second-order valence-corrected chi connectivity index (χ2v) is 5.90. The molecule has 0 radical (unpaired) electrons. The van der Waals surface area contributed by atoms with Crippen LogP contribution in [-0.2, 0) is 0 Å². The quantitative estimate of drug-likeness (QED) is 0.670. The number of rotatable bonds is 7. The van der Waals surface area contributed by atoms with E-state index in [9.17, 15) is 4.79 Å². The summed E-state index contributed by atoms with van der Waals surface area (Å²) >= 11 is 12.0. The van der Waals surface area contributed by atoms with E-state index in [1.165, 1.54) is 6.42 Å². The molecule has 0 bridgehead atoms. The lowest BCUT2D eigenvalue weighted by molar-refractivity contribution is 0.102. The minimum absolute atomic E-state index is 0.256. The third-order valence-electron chi connectivity index (χ3n) is 3.31. The summed E-state index contributed by atoms with van der Waals surface area (Å²) < 4.78 is 0. The Bertz CT molecular complexity index is 677. The summed E-state index contributed by atoms with van der Waals surface area (Å²) in [6.07, 6.45) is 5.02. The molecule has 2 N–H and O–H groups in total. The van der Waals surface area contributed by atoms with Gasteiger partial charge in [0.05, 0.1) is 15.7 Å². The van der Waals surface area contributed by atoms with Gasteiger partial charge in [-0.2, -0.15) is 0 Å². The third-order valence-corrected chi connectivity index (χ3v) is 4.13. The second-order valence-electron chi connectivity index (χ2n) is 5.12. The lowest BCUT2D eigenvalue weighted by Gasteiger charge is -2.10. The average Bonchev–Trinajstić information content (AvgIpc) is 2.56. The molecule has 0 fully saturated rings. The highest BCUT2D eigenvalue weighted by Gasteiger charge is 2.11. The molecule has 0 saturated heterocycles. The van der Waals surface area contributed by atoms with Gasteiger partial charge in [-0.05, 0) is 30.7 Å². The van der Waals surface area contributed by atoms with Crippen LogP contribution in [-0.4, -0.2) is 17.4 Å². The van der Waals surface area contributed by atoms with Gasteiger partial charge in [0, 0.05) is 18.3 Å². The smallest absolute Gasteiger partial charge is 0.255 e. The highest BCUT2D eigenvalue weighted by molar-refractivity contribution is 6.44. The molecular formula is C17H19Cl2N3O. The predicted molar refractivity (Wildman–Crippen MR) is 96.7 cm³/mol. The van der Waals surface area contributed by atoms with Crippen LogP contribution < -0.4 is 10.6 Å². The number of halogens is 2. The number of benzene rings is 1. The van der Waals surface area contributed by atoms with E-state index in [0.717, 1.165) is 19.4 Å². The van der Waals surface area contributed by atoms with Crippen molar-refractivity contribution in [2.75, 3.05) is 17.2 Å². The number of carbonyl (C=O) groups is 1. The zero-order chi connectivity index (χ0) is 16.7. The Morgan fingerprint density at radius 1 is 1.22 bits per heavy atom. The minimum atomic E-state index is -0.256. The zero-order valence-electron chi connectivity index (χ0n) is 12.9. The lowest BCUT2D eigenvalue weighted by atomic mass is 10.2. The molecule has 122 valence electrons. The molecule has 0 spiro atoms. The molecule has 4 nitrogen and oxygen atoms in total. The number of carbonyl (C=O) groups excluding carboxylic acids is 1. The molecule has 0 atom stereocenters. The Morgan fingerprint density at radius 3 is 2.83 bits per heavy atom. The van der Waals surface area contributed by atoms with Crippen molar-refractivity contribution >= 4 is 40.6 Å². The van der Waals surface area contributed by atoms with Crippen molar-refractivity contribution in [1.82, 2.24) is 4.98 Å². The molecule has 2 aromatic rings. The predicted octanol–water partition coefficient (Wildman–Crippen LogP) is 5.24. The maximum absolute atomic E-state index is 12.3. The summed E-state index contributed by atoms with van der Waals surface area (Å²) in [7, 11) is 0. The largest absolute Gasteiger partial charge is 0.370 e. The van der Waals surface area contributed by atoms with E-state index in [1.54, 1.807) is 36.5 Å². The first kappa shape index (κ1) is 17.6. The van der Waals surface area contributed by atoms with Gasteiger partial charge in [-0.15, -0.1) is 0 Å². The summed E-state index contributed by atoms with van der Waals surface area (Å²) in [5.41, 5.74) is 0.993. The van der Waals surface area contributed by atoms with Crippen LogP contribution in [0.15, 0.2) is 36.5 Å². The van der Waals surface area contributed by atoms with Gasteiger partial charge in [-0.1, -0.05) is 49.0 Å². The molecule has 23 heavy (non-hydrogen) atoms. The van der Waals surface area contributed by atoms with E-state index in [0.29, 0.717) is 27.1 Å². The number of unbranched alkanes of at least 4 members (excludes halogenated alkanes) is 2. The van der Waals surface area contributed by atoms with Gasteiger partial charge in [-0.3, -0.25) is 4.79 Å². The van der Waals surface area contributed by atoms with Crippen molar-refractivity contribution < 1.29 is 4.79 Å². The molecule has 2 rings (SSSR count). The number of anilines is 2. The molecule has 0 aliphatic heterocycles. The Kier molecular flexibility index (Phi) is 6.68. The first-order valence-corrected chi connectivity index (χ1v) is 8.32. The topological polar surface area (TPSA) is 54.0 Å². The summed E-state index contributed by atoms with van der Waals surface area (Å²) in [4.78, 5) is 16.6. The van der Waals surface area contributed by atoms with E-state index >= 15 is 0 Å². The van der Waals surface area contributed by atoms with Crippen molar-refractivity contribution in [2.45, 2.75) is 26.2 Å². The number of nitrogens with one attached hydrogen (secondary N) is 2. The first-order chi connectivity index (χ1) is 11.1. The van der Waals surface area contributed by atoms with E-state index < -0.39 is 0 Å². The molecule has 1 aromatic carbocycles. The van der Waals surface area contributed by atoms with Crippen molar-refractivity contribution in [3.63, 3.8) is 0 Å². The van der Waals surface area contributed by atoms with Gasteiger partial charge in [0.15, 0.2) is 0 Å². The molecule has 0 aliphatic rings. The van der Waals surface area contributed by atoms with E-state index in [-0.39, 0.29) is 5.91 Å². The van der Waals surface area contributed by atoms with E-state index in [1.807, 2.05) is 0 Å². The number of hydrogen-bond donors (Lipinski definition) is 2. The Morgan fingerprint density at radius 2 is 2.04 bits per heavy atom. The third kappa shape index (κ3) is 5.12. The molecule has 0 unspecified atom stereocenters. The number of amides is 1. The molecule has 0 saturated carbocycles. The second kappa shape index (κ2) is 8.75. The number of nitrogens with zero attached hydrogens (tertiary/aromatic N) is 1. The van der Waals surface area contributed by atoms with Crippen molar-refractivity contribution in [3.8, 4) is 0 Å². The molecule has 1 amide bonds. The van der Waals surface area contributed by atoms with Crippen LogP contribution in [0.25, 0.3) is 0 Å². The van der Waals surface area contributed by atoms with Gasteiger partial charge >= 0.3 is 0 Å². The van der Waals surface area contributed by atoms with Crippen LogP contribution >= 0.6 is 23.2 Å². The van der Waals surface area contributed by atoms with Crippen LogP contribution in [0.3, 0.4) is 0 Å². The Hall–Kier alpha value is -1.78. The summed E-state index contributed by atoms with van der Waals surface area (Å²) in [6, 6.07) is 8.49. The maximum atomic E-state index is 12.3. The minimum Gasteiger partial charge on any atom is -0.370 e. The number of aromatic nitrogens is 1. The van der Waals surface area contributed by atoms with Gasteiger partial charge < -0.3 is 10.6 Å². The van der Waals surface area contributed by atoms with Crippen molar-refractivity contribution in [1.29, 1.82) is 0 Å². The summed E-state index contributed by atoms with van der Waals surface area (Å²) in [5.74, 6) is 0.430. The van der Waals surface area contributed by atoms with Crippen LogP contribution in [0.5, 0.6) is 0 Å². The van der Waals surface area contributed by atoms with Gasteiger partial charge in [-0.25, -0.2) is 4.98 Å².